The van der Waals surface area contributed by atoms with Crippen LogP contribution in [-0.4, -0.2) is 23.8 Å². The van der Waals surface area contributed by atoms with Crippen LogP contribution in [0.2, 0.25) is 0 Å². The first-order valence-corrected chi connectivity index (χ1v) is 4.56. The highest BCUT2D eigenvalue weighted by Gasteiger charge is 2.14. The van der Waals surface area contributed by atoms with Crippen LogP contribution in [0.1, 0.15) is 19.8 Å². The molecule has 0 N–H and O–H groups in total. The Morgan fingerprint density at radius 3 is 2.73 bits per heavy atom. The van der Waals surface area contributed by atoms with Crippen molar-refractivity contribution in [3.05, 3.63) is 0 Å². The monoisotopic (exact) mass is 198 g/mol. The van der Waals surface area contributed by atoms with E-state index in [9.17, 15) is 4.79 Å². The summed E-state index contributed by atoms with van der Waals surface area (Å²) in [6.45, 7) is 2.36. The maximum Gasteiger partial charge on any atom is 0.324 e. The first-order valence-electron chi connectivity index (χ1n) is 3.59. The summed E-state index contributed by atoms with van der Waals surface area (Å²) in [5.74, 6) is 0.0178. The Morgan fingerprint density at radius 1 is 1.64 bits per heavy atom. The van der Waals surface area contributed by atoms with Crippen LogP contribution < -0.4 is 0 Å². The van der Waals surface area contributed by atoms with E-state index in [0.29, 0.717) is 18.9 Å². The predicted octanol–water partition coefficient (Wildman–Crippen LogP) is 2.18. The lowest BCUT2D eigenvalue weighted by Crippen LogP contribution is -2.18. The van der Waals surface area contributed by atoms with Crippen LogP contribution in [0.4, 0.5) is 0 Å². The summed E-state index contributed by atoms with van der Waals surface area (Å²) in [6, 6.07) is 0. The van der Waals surface area contributed by atoms with Gasteiger partial charge in [0.2, 0.25) is 0 Å². The fourth-order valence-electron chi connectivity index (χ4n) is 0.507. The summed E-state index contributed by atoms with van der Waals surface area (Å²) < 4.78 is 4.78. The topological polar surface area (TPSA) is 26.3 Å². The fourth-order valence-corrected chi connectivity index (χ4v) is 1.01. The van der Waals surface area contributed by atoms with Gasteiger partial charge in [0.15, 0.2) is 0 Å². The van der Waals surface area contributed by atoms with Crippen LogP contribution in [0.15, 0.2) is 0 Å². The quantitative estimate of drug-likeness (QED) is 0.501. The summed E-state index contributed by atoms with van der Waals surface area (Å²) in [6.07, 6.45) is 1.28. The third-order valence-electron chi connectivity index (χ3n) is 1.07. The number of hydrogen-bond acceptors (Lipinski definition) is 2. The average molecular weight is 199 g/mol. The molecule has 0 aliphatic rings. The Labute approximate surface area is 76.8 Å². The molecule has 0 bridgehead atoms. The predicted molar refractivity (Wildman–Crippen MR) is 46.2 cm³/mol. The molecule has 0 aliphatic carbocycles. The first-order chi connectivity index (χ1) is 5.22. The molecule has 0 heterocycles. The average Bonchev–Trinajstić information content (AvgIpc) is 2.00. The van der Waals surface area contributed by atoms with Crippen molar-refractivity contribution in [2.75, 3.05) is 12.5 Å². The van der Waals surface area contributed by atoms with Gasteiger partial charge < -0.3 is 4.74 Å². The molecule has 0 saturated heterocycles. The van der Waals surface area contributed by atoms with Crippen LogP contribution in [0.5, 0.6) is 0 Å². The third kappa shape index (κ3) is 5.33. The maximum atomic E-state index is 10.9. The molecule has 0 aliphatic heterocycles. The van der Waals surface area contributed by atoms with Crippen molar-refractivity contribution >= 4 is 29.2 Å². The molecule has 0 fully saturated rings. The summed E-state index contributed by atoms with van der Waals surface area (Å²) in [5.41, 5.74) is 0. The number of rotatable bonds is 5. The zero-order chi connectivity index (χ0) is 8.69. The van der Waals surface area contributed by atoms with Gasteiger partial charge in [-0.3, -0.25) is 4.79 Å². The zero-order valence-corrected chi connectivity index (χ0v) is 7.99. The highest BCUT2D eigenvalue weighted by Crippen LogP contribution is 2.05. The van der Waals surface area contributed by atoms with Gasteiger partial charge in [-0.1, -0.05) is 6.92 Å². The Bertz CT molecular complexity index is 117. The highest BCUT2D eigenvalue weighted by molar-refractivity contribution is 6.30. The van der Waals surface area contributed by atoms with E-state index in [1.54, 1.807) is 0 Å². The molecule has 0 radical (unpaired) electrons. The number of halogens is 2. The molecule has 1 unspecified atom stereocenters. The van der Waals surface area contributed by atoms with Crippen LogP contribution >= 0.6 is 23.2 Å². The van der Waals surface area contributed by atoms with E-state index in [1.807, 2.05) is 6.92 Å². The molecule has 0 saturated carbocycles. The van der Waals surface area contributed by atoms with Crippen molar-refractivity contribution in [1.82, 2.24) is 0 Å². The molecule has 0 aromatic carbocycles. The molecule has 0 aromatic heterocycles. The van der Waals surface area contributed by atoms with E-state index in [1.165, 1.54) is 0 Å². The second-order valence-electron chi connectivity index (χ2n) is 2.11. The van der Waals surface area contributed by atoms with E-state index in [-0.39, 0.29) is 5.97 Å². The summed E-state index contributed by atoms with van der Waals surface area (Å²) in [5, 5.41) is -0.584. The summed E-state index contributed by atoms with van der Waals surface area (Å²) in [7, 11) is 0. The smallest absolute Gasteiger partial charge is 0.324 e. The SMILES string of the molecule is CCCOC(=O)C(Cl)CCCl. The lowest BCUT2D eigenvalue weighted by Gasteiger charge is -2.06. The maximum absolute atomic E-state index is 10.9. The minimum atomic E-state index is -0.584. The molecule has 2 nitrogen and oxygen atoms in total. The molecule has 0 rings (SSSR count). The number of hydrogen-bond donors (Lipinski definition) is 0. The highest BCUT2D eigenvalue weighted by atomic mass is 35.5. The number of ether oxygens (including phenoxy) is 1. The van der Waals surface area contributed by atoms with Crippen molar-refractivity contribution < 1.29 is 9.53 Å². The van der Waals surface area contributed by atoms with Gasteiger partial charge in [-0.15, -0.1) is 23.2 Å². The van der Waals surface area contributed by atoms with E-state index < -0.39 is 5.38 Å². The molecule has 0 spiro atoms. The normalized spacial score (nSPS) is 12.6. The van der Waals surface area contributed by atoms with Crippen LogP contribution in [0.3, 0.4) is 0 Å². The largest absolute Gasteiger partial charge is 0.465 e. The number of carbonyl (C=O) groups is 1. The van der Waals surface area contributed by atoms with E-state index in [0.717, 1.165) is 6.42 Å². The van der Waals surface area contributed by atoms with E-state index in [2.05, 4.69) is 0 Å². The Morgan fingerprint density at radius 2 is 2.27 bits per heavy atom. The van der Waals surface area contributed by atoms with E-state index >= 15 is 0 Å². The zero-order valence-electron chi connectivity index (χ0n) is 6.48. The number of alkyl halides is 2. The molecule has 0 amide bonds. The Hall–Kier alpha value is 0.0500. The lowest BCUT2D eigenvalue weighted by molar-refractivity contribution is -0.143. The molecule has 1 atom stereocenters. The molecule has 0 aromatic rings. The Kier molecular flexibility index (Phi) is 6.77. The van der Waals surface area contributed by atoms with Crippen molar-refractivity contribution in [2.24, 2.45) is 0 Å². The van der Waals surface area contributed by atoms with Crippen LogP contribution in [0, 0.1) is 0 Å². The summed E-state index contributed by atoms with van der Waals surface area (Å²) in [4.78, 5) is 10.9. The number of esters is 1. The second kappa shape index (κ2) is 6.74. The van der Waals surface area contributed by atoms with Gasteiger partial charge in [0, 0.05) is 5.88 Å². The van der Waals surface area contributed by atoms with Crippen LogP contribution in [0.25, 0.3) is 0 Å². The lowest BCUT2D eigenvalue weighted by atomic mass is 10.3. The van der Waals surface area contributed by atoms with Crippen molar-refractivity contribution in [2.45, 2.75) is 25.1 Å². The fraction of sp³-hybridized carbons (Fsp3) is 0.857. The third-order valence-corrected chi connectivity index (χ3v) is 1.68. The Balaban J connectivity index is 3.47. The van der Waals surface area contributed by atoms with E-state index in [4.69, 9.17) is 27.9 Å². The molecular formula is C7H12Cl2O2. The van der Waals surface area contributed by atoms with Crippen molar-refractivity contribution in [1.29, 1.82) is 0 Å². The minimum absolute atomic E-state index is 0.367. The van der Waals surface area contributed by atoms with Gasteiger partial charge in [0.1, 0.15) is 5.38 Å². The van der Waals surface area contributed by atoms with Crippen molar-refractivity contribution in [3.8, 4) is 0 Å². The van der Waals surface area contributed by atoms with Crippen molar-refractivity contribution in [3.63, 3.8) is 0 Å². The van der Waals surface area contributed by atoms with Gasteiger partial charge in [0.05, 0.1) is 6.61 Å². The van der Waals surface area contributed by atoms with Gasteiger partial charge in [-0.2, -0.15) is 0 Å². The molecular weight excluding hydrogens is 187 g/mol. The van der Waals surface area contributed by atoms with Gasteiger partial charge in [-0.25, -0.2) is 0 Å². The molecule has 4 heteroatoms. The standard InChI is InChI=1S/C7H12Cl2O2/c1-2-5-11-7(10)6(9)3-4-8/h6H,2-5H2,1H3. The van der Waals surface area contributed by atoms with Gasteiger partial charge in [0.25, 0.3) is 0 Å². The van der Waals surface area contributed by atoms with Gasteiger partial charge >= 0.3 is 5.97 Å². The summed E-state index contributed by atoms with van der Waals surface area (Å²) >= 11 is 11.0. The second-order valence-corrected chi connectivity index (χ2v) is 3.02. The molecule has 66 valence electrons. The minimum Gasteiger partial charge on any atom is -0.465 e. The van der Waals surface area contributed by atoms with Crippen LogP contribution in [-0.2, 0) is 9.53 Å². The number of carbonyl (C=O) groups excluding carboxylic acids is 1. The molecule has 11 heavy (non-hydrogen) atoms. The van der Waals surface area contributed by atoms with Gasteiger partial charge in [-0.05, 0) is 12.8 Å². The first kappa shape index (κ1) is 11.1.